The summed E-state index contributed by atoms with van der Waals surface area (Å²) in [6.45, 7) is 0. The standard InChI is InChI=1S/C23H22FN3O2/c1-29-22-17(5-4-6-18(22)24)23(28)27-16-9-10-21(27)14(12-16)11-15-13-25-19-7-2-3-8-20(19)26-15/h2-8,13-14,16,21H,9-12H2,1H3. The second-order valence-electron chi connectivity index (χ2n) is 7.88. The van der Waals surface area contributed by atoms with Crippen molar-refractivity contribution in [1.29, 1.82) is 0 Å². The first-order valence-electron chi connectivity index (χ1n) is 10.0. The molecule has 1 aromatic heterocycles. The average Bonchev–Trinajstić information content (AvgIpc) is 3.30. The highest BCUT2D eigenvalue weighted by Crippen LogP contribution is 2.44. The Kier molecular flexibility index (Phi) is 4.42. The quantitative estimate of drug-likeness (QED) is 0.674. The van der Waals surface area contributed by atoms with Crippen molar-refractivity contribution in [3.63, 3.8) is 0 Å². The van der Waals surface area contributed by atoms with Gasteiger partial charge in [0.05, 0.1) is 29.4 Å². The lowest BCUT2D eigenvalue weighted by molar-refractivity contribution is 0.0714. The Morgan fingerprint density at radius 1 is 1.17 bits per heavy atom. The van der Waals surface area contributed by atoms with Crippen LogP contribution < -0.4 is 4.74 Å². The number of methoxy groups -OCH3 is 1. The van der Waals surface area contributed by atoms with Crippen molar-refractivity contribution in [2.24, 2.45) is 5.92 Å². The molecular formula is C23H22FN3O2. The number of hydrogen-bond donors (Lipinski definition) is 0. The van der Waals surface area contributed by atoms with E-state index in [2.05, 4.69) is 4.98 Å². The molecule has 29 heavy (non-hydrogen) atoms. The van der Waals surface area contributed by atoms with Gasteiger partial charge < -0.3 is 9.64 Å². The Morgan fingerprint density at radius 2 is 2.00 bits per heavy atom. The van der Waals surface area contributed by atoms with Crippen molar-refractivity contribution >= 4 is 16.9 Å². The minimum Gasteiger partial charge on any atom is -0.493 e. The predicted molar refractivity (Wildman–Crippen MR) is 107 cm³/mol. The van der Waals surface area contributed by atoms with Crippen LogP contribution in [0.1, 0.15) is 35.3 Å². The van der Waals surface area contributed by atoms with E-state index in [1.165, 1.54) is 13.2 Å². The van der Waals surface area contributed by atoms with E-state index in [4.69, 9.17) is 9.72 Å². The fourth-order valence-corrected chi connectivity index (χ4v) is 5.03. The normalized spacial score (nSPS) is 23.0. The van der Waals surface area contributed by atoms with Crippen LogP contribution in [0.15, 0.2) is 48.7 Å². The molecule has 2 aromatic carbocycles. The summed E-state index contributed by atoms with van der Waals surface area (Å²) in [4.78, 5) is 24.5. The molecule has 0 N–H and O–H groups in total. The van der Waals surface area contributed by atoms with Crippen LogP contribution in [0.25, 0.3) is 11.0 Å². The van der Waals surface area contributed by atoms with E-state index in [0.29, 0.717) is 11.5 Å². The SMILES string of the molecule is COc1c(F)cccc1C(=O)N1C2CCC1C(Cc1cnc3ccccc3n1)C2. The van der Waals surface area contributed by atoms with Crippen molar-refractivity contribution < 1.29 is 13.9 Å². The van der Waals surface area contributed by atoms with Gasteiger partial charge in [-0.3, -0.25) is 9.78 Å². The molecule has 0 saturated carbocycles. The number of carbonyl (C=O) groups is 1. The van der Waals surface area contributed by atoms with E-state index >= 15 is 0 Å². The smallest absolute Gasteiger partial charge is 0.258 e. The van der Waals surface area contributed by atoms with Crippen LogP contribution in [-0.4, -0.2) is 40.0 Å². The van der Waals surface area contributed by atoms with E-state index in [1.807, 2.05) is 35.4 Å². The fraction of sp³-hybridized carbons (Fsp3) is 0.348. The molecule has 3 atom stereocenters. The van der Waals surface area contributed by atoms with E-state index in [-0.39, 0.29) is 23.7 Å². The number of benzene rings is 2. The average molecular weight is 391 g/mol. The number of amides is 1. The summed E-state index contributed by atoms with van der Waals surface area (Å²) < 4.78 is 19.3. The summed E-state index contributed by atoms with van der Waals surface area (Å²) in [7, 11) is 1.40. The molecule has 2 fully saturated rings. The Bertz CT molecular complexity index is 1090. The second kappa shape index (κ2) is 7.10. The summed E-state index contributed by atoms with van der Waals surface area (Å²) >= 11 is 0. The van der Waals surface area contributed by atoms with Gasteiger partial charge in [-0.15, -0.1) is 0 Å². The highest BCUT2D eigenvalue weighted by Gasteiger charge is 2.49. The second-order valence-corrected chi connectivity index (χ2v) is 7.88. The van der Waals surface area contributed by atoms with Crippen LogP contribution in [0.2, 0.25) is 0 Å². The minimum absolute atomic E-state index is 0.0285. The van der Waals surface area contributed by atoms with Crippen molar-refractivity contribution in [3.8, 4) is 5.75 Å². The first-order valence-corrected chi connectivity index (χ1v) is 10.0. The lowest BCUT2D eigenvalue weighted by Crippen LogP contribution is -2.37. The van der Waals surface area contributed by atoms with Crippen molar-refractivity contribution in [3.05, 3.63) is 65.7 Å². The van der Waals surface area contributed by atoms with Crippen molar-refractivity contribution in [2.75, 3.05) is 7.11 Å². The van der Waals surface area contributed by atoms with Crippen molar-refractivity contribution in [2.45, 2.75) is 37.8 Å². The Morgan fingerprint density at radius 3 is 2.83 bits per heavy atom. The molecular weight excluding hydrogens is 369 g/mol. The number of nitrogens with zero attached hydrogens (tertiary/aromatic N) is 3. The number of para-hydroxylation sites is 3. The zero-order valence-corrected chi connectivity index (χ0v) is 16.2. The van der Waals surface area contributed by atoms with Crippen LogP contribution >= 0.6 is 0 Å². The molecule has 2 aliphatic rings. The molecule has 5 rings (SSSR count). The summed E-state index contributed by atoms with van der Waals surface area (Å²) in [5.41, 5.74) is 3.04. The van der Waals surface area contributed by atoms with Crippen LogP contribution in [0, 0.1) is 11.7 Å². The maximum atomic E-state index is 14.1. The predicted octanol–water partition coefficient (Wildman–Crippen LogP) is 4.01. The number of rotatable bonds is 4. The summed E-state index contributed by atoms with van der Waals surface area (Å²) in [6, 6.07) is 12.7. The topological polar surface area (TPSA) is 55.3 Å². The van der Waals surface area contributed by atoms with E-state index < -0.39 is 5.82 Å². The maximum Gasteiger partial charge on any atom is 0.258 e. The van der Waals surface area contributed by atoms with Gasteiger partial charge in [-0.25, -0.2) is 9.37 Å². The van der Waals surface area contributed by atoms with Crippen LogP contribution in [0.5, 0.6) is 5.75 Å². The zero-order chi connectivity index (χ0) is 20.0. The highest BCUT2D eigenvalue weighted by molar-refractivity contribution is 5.97. The summed E-state index contributed by atoms with van der Waals surface area (Å²) in [5.74, 6) is -0.276. The van der Waals surface area contributed by atoms with Crippen LogP contribution in [-0.2, 0) is 6.42 Å². The highest BCUT2D eigenvalue weighted by atomic mass is 19.1. The van der Waals surface area contributed by atoms with Gasteiger partial charge in [0.25, 0.3) is 5.91 Å². The molecule has 3 aromatic rings. The molecule has 3 unspecified atom stereocenters. The molecule has 2 aliphatic heterocycles. The van der Waals surface area contributed by atoms with E-state index in [9.17, 15) is 9.18 Å². The van der Waals surface area contributed by atoms with Crippen LogP contribution in [0.3, 0.4) is 0 Å². The molecule has 2 bridgehead atoms. The van der Waals surface area contributed by atoms with Gasteiger partial charge in [0.2, 0.25) is 0 Å². The van der Waals surface area contributed by atoms with Gasteiger partial charge in [-0.05, 0) is 55.9 Å². The maximum absolute atomic E-state index is 14.1. The van der Waals surface area contributed by atoms with Gasteiger partial charge in [-0.1, -0.05) is 18.2 Å². The third-order valence-corrected chi connectivity index (χ3v) is 6.27. The Labute approximate surface area is 168 Å². The monoisotopic (exact) mass is 391 g/mol. The largest absolute Gasteiger partial charge is 0.493 e. The Balaban J connectivity index is 1.39. The molecule has 5 nitrogen and oxygen atoms in total. The molecule has 0 spiro atoms. The zero-order valence-electron chi connectivity index (χ0n) is 16.2. The van der Waals surface area contributed by atoms with Gasteiger partial charge >= 0.3 is 0 Å². The lowest BCUT2D eigenvalue weighted by atomic mass is 9.86. The first-order chi connectivity index (χ1) is 14.2. The molecule has 148 valence electrons. The molecule has 0 radical (unpaired) electrons. The number of hydrogen-bond acceptors (Lipinski definition) is 4. The minimum atomic E-state index is -0.507. The van der Waals surface area contributed by atoms with Gasteiger partial charge in [0.1, 0.15) is 0 Å². The summed E-state index contributed by atoms with van der Waals surface area (Å²) in [6.07, 6.45) is 5.55. The lowest BCUT2D eigenvalue weighted by Gasteiger charge is -2.25. The third-order valence-electron chi connectivity index (χ3n) is 6.27. The van der Waals surface area contributed by atoms with Gasteiger partial charge in [0, 0.05) is 18.3 Å². The molecule has 2 saturated heterocycles. The molecule has 0 aliphatic carbocycles. The van der Waals surface area contributed by atoms with Gasteiger partial charge in [0.15, 0.2) is 11.6 Å². The van der Waals surface area contributed by atoms with E-state index in [0.717, 1.165) is 42.4 Å². The van der Waals surface area contributed by atoms with Crippen LogP contribution in [0.4, 0.5) is 4.39 Å². The molecule has 3 heterocycles. The van der Waals surface area contributed by atoms with E-state index in [1.54, 1.807) is 12.1 Å². The number of aromatic nitrogens is 2. The molecule has 1 amide bonds. The number of fused-ring (bicyclic) bond motifs is 3. The fourth-order valence-electron chi connectivity index (χ4n) is 5.03. The van der Waals surface area contributed by atoms with Crippen molar-refractivity contribution in [1.82, 2.24) is 14.9 Å². The summed E-state index contributed by atoms with van der Waals surface area (Å²) in [5, 5.41) is 0. The number of carbonyl (C=O) groups excluding carboxylic acids is 1. The van der Waals surface area contributed by atoms with Gasteiger partial charge in [-0.2, -0.15) is 0 Å². The molecule has 6 heteroatoms. The number of ether oxygens (including phenoxy) is 1. The third kappa shape index (κ3) is 3.03. The Hall–Kier alpha value is -3.02. The first kappa shape index (κ1) is 18.0. The number of halogens is 1.